The lowest BCUT2D eigenvalue weighted by Gasteiger charge is -2.31. The van der Waals surface area contributed by atoms with E-state index in [1.54, 1.807) is 14.1 Å². The number of carbonyl (C=O) groups excluding carboxylic acids is 2. The molecule has 1 unspecified atom stereocenters. The van der Waals surface area contributed by atoms with E-state index in [4.69, 9.17) is 5.11 Å². The van der Waals surface area contributed by atoms with Crippen molar-refractivity contribution in [2.24, 2.45) is 11.8 Å². The number of H-pyrrole nitrogens is 1. The van der Waals surface area contributed by atoms with E-state index in [-0.39, 0.29) is 24.3 Å². The summed E-state index contributed by atoms with van der Waals surface area (Å²) in [5, 5.41) is 14.9. The molecule has 3 amide bonds. The lowest BCUT2D eigenvalue weighted by Crippen LogP contribution is -2.51. The number of fused-ring (bicyclic) bond motifs is 1. The molecule has 2 atom stereocenters. The van der Waals surface area contributed by atoms with Gasteiger partial charge in [-0.15, -0.1) is 0 Å². The van der Waals surface area contributed by atoms with Crippen LogP contribution in [0.4, 0.5) is 4.79 Å². The Morgan fingerprint density at radius 2 is 1.90 bits per heavy atom. The number of carboxylic acid groups (broad SMARTS) is 1. The average Bonchev–Trinajstić information content (AvgIpc) is 3.10. The number of aromatic amines is 1. The number of rotatable bonds is 9. The number of para-hydroxylation sites is 1. The van der Waals surface area contributed by atoms with Gasteiger partial charge >= 0.3 is 6.09 Å². The van der Waals surface area contributed by atoms with Crippen LogP contribution in [0.1, 0.15) is 25.8 Å². The second-order valence-electron chi connectivity index (χ2n) is 7.66. The van der Waals surface area contributed by atoms with Crippen molar-refractivity contribution in [3.05, 3.63) is 36.0 Å². The molecule has 0 aliphatic heterocycles. The minimum atomic E-state index is -1.17. The van der Waals surface area contributed by atoms with Crippen LogP contribution in [-0.2, 0) is 16.0 Å². The molecule has 4 N–H and O–H groups in total. The van der Waals surface area contributed by atoms with Crippen LogP contribution in [0.2, 0.25) is 0 Å². The number of nitrogens with one attached hydrogen (secondary N) is 3. The van der Waals surface area contributed by atoms with Crippen molar-refractivity contribution in [2.45, 2.75) is 32.7 Å². The smallest absolute Gasteiger partial charge is 0.404 e. The summed E-state index contributed by atoms with van der Waals surface area (Å²) >= 11 is 0. The normalized spacial score (nSPS) is 13.1. The molecule has 1 aromatic carbocycles. The monoisotopic (exact) mass is 402 g/mol. The van der Waals surface area contributed by atoms with Gasteiger partial charge in [-0.1, -0.05) is 32.0 Å². The summed E-state index contributed by atoms with van der Waals surface area (Å²) in [6.45, 7) is 3.97. The molecule has 0 bridgehead atoms. The van der Waals surface area contributed by atoms with Crippen LogP contribution in [0.5, 0.6) is 0 Å². The zero-order chi connectivity index (χ0) is 21.6. The fourth-order valence-electron chi connectivity index (χ4n) is 3.57. The largest absolute Gasteiger partial charge is 0.465 e. The molecule has 0 spiro atoms. The predicted molar refractivity (Wildman–Crippen MR) is 112 cm³/mol. The first-order valence-electron chi connectivity index (χ1n) is 9.74. The average molecular weight is 402 g/mol. The molecule has 0 saturated carbocycles. The van der Waals surface area contributed by atoms with Crippen molar-refractivity contribution in [1.82, 2.24) is 20.5 Å². The fourth-order valence-corrected chi connectivity index (χ4v) is 3.57. The molecule has 2 aromatic rings. The van der Waals surface area contributed by atoms with Crippen molar-refractivity contribution in [3.63, 3.8) is 0 Å². The van der Waals surface area contributed by atoms with Crippen molar-refractivity contribution in [1.29, 1.82) is 0 Å². The second-order valence-corrected chi connectivity index (χ2v) is 7.66. The first-order valence-corrected chi connectivity index (χ1v) is 9.74. The Hall–Kier alpha value is -3.03. The molecule has 8 heteroatoms. The molecule has 0 saturated heterocycles. The third-order valence-electron chi connectivity index (χ3n) is 5.06. The van der Waals surface area contributed by atoms with Crippen molar-refractivity contribution in [2.75, 3.05) is 20.6 Å². The fraction of sp³-hybridized carbons (Fsp3) is 0.476. The maximum Gasteiger partial charge on any atom is 0.404 e. The second kappa shape index (κ2) is 9.95. The number of aromatic nitrogens is 1. The van der Waals surface area contributed by atoms with E-state index in [2.05, 4.69) is 15.6 Å². The van der Waals surface area contributed by atoms with Gasteiger partial charge in [0.1, 0.15) is 6.04 Å². The molecule has 158 valence electrons. The molecule has 2 rings (SSSR count). The zero-order valence-corrected chi connectivity index (χ0v) is 17.4. The number of nitrogens with zero attached hydrogens (tertiary/aromatic N) is 1. The summed E-state index contributed by atoms with van der Waals surface area (Å²) in [7, 11) is 3.14. The number of likely N-dealkylation sites (N-methyl/N-ethyl adjacent to an activating group) is 2. The topological polar surface area (TPSA) is 115 Å². The quantitative estimate of drug-likeness (QED) is 0.515. The highest BCUT2D eigenvalue weighted by Gasteiger charge is 2.32. The highest BCUT2D eigenvalue weighted by atomic mass is 16.4. The van der Waals surface area contributed by atoms with Gasteiger partial charge in [0.05, 0.1) is 5.92 Å². The lowest BCUT2D eigenvalue weighted by atomic mass is 9.94. The first kappa shape index (κ1) is 22.3. The minimum Gasteiger partial charge on any atom is -0.465 e. The van der Waals surface area contributed by atoms with E-state index in [0.717, 1.165) is 16.5 Å². The third-order valence-corrected chi connectivity index (χ3v) is 5.06. The van der Waals surface area contributed by atoms with Crippen LogP contribution in [0, 0.1) is 11.8 Å². The molecular weight excluding hydrogens is 372 g/mol. The number of hydrogen-bond donors (Lipinski definition) is 4. The summed E-state index contributed by atoms with van der Waals surface area (Å²) in [4.78, 5) is 41.3. The van der Waals surface area contributed by atoms with Crippen LogP contribution in [0.3, 0.4) is 0 Å². The molecule has 8 nitrogen and oxygen atoms in total. The van der Waals surface area contributed by atoms with Crippen molar-refractivity contribution in [3.8, 4) is 0 Å². The molecule has 0 fully saturated rings. The first-order chi connectivity index (χ1) is 13.7. The Bertz CT molecular complexity index is 861. The molecule has 0 aliphatic rings. The van der Waals surface area contributed by atoms with E-state index in [1.807, 2.05) is 44.3 Å². The number of hydrogen-bond acceptors (Lipinski definition) is 3. The molecule has 1 aromatic heterocycles. The number of carbonyl (C=O) groups is 3. The van der Waals surface area contributed by atoms with Gasteiger partial charge in [0.2, 0.25) is 11.8 Å². The van der Waals surface area contributed by atoms with Crippen LogP contribution in [-0.4, -0.2) is 59.6 Å². The van der Waals surface area contributed by atoms with Gasteiger partial charge in [-0.05, 0) is 24.0 Å². The van der Waals surface area contributed by atoms with Gasteiger partial charge in [0.25, 0.3) is 0 Å². The van der Waals surface area contributed by atoms with Gasteiger partial charge in [0.15, 0.2) is 0 Å². The minimum absolute atomic E-state index is 0.0181. The zero-order valence-electron chi connectivity index (χ0n) is 17.4. The summed E-state index contributed by atoms with van der Waals surface area (Å²) in [5.41, 5.74) is 1.91. The number of amides is 3. The summed E-state index contributed by atoms with van der Waals surface area (Å²) in [6.07, 6.45) is 1.57. The van der Waals surface area contributed by atoms with Gasteiger partial charge in [0, 0.05) is 44.2 Å². The highest BCUT2D eigenvalue weighted by molar-refractivity contribution is 5.90. The van der Waals surface area contributed by atoms with Crippen molar-refractivity contribution >= 4 is 28.8 Å². The van der Waals surface area contributed by atoms with Crippen LogP contribution >= 0.6 is 0 Å². The molecular formula is C21H30N4O4. The van der Waals surface area contributed by atoms with Crippen LogP contribution in [0.25, 0.3) is 10.9 Å². The Morgan fingerprint density at radius 3 is 2.52 bits per heavy atom. The van der Waals surface area contributed by atoms with Gasteiger partial charge < -0.3 is 25.6 Å². The molecule has 0 aliphatic carbocycles. The number of benzene rings is 1. The Kier molecular flexibility index (Phi) is 7.64. The summed E-state index contributed by atoms with van der Waals surface area (Å²) in [5.74, 6) is -0.840. The summed E-state index contributed by atoms with van der Waals surface area (Å²) in [6, 6.07) is 7.09. The SMILES string of the molecule is CNC(=O)[C@H](Cc1c[nH]c2ccccc12)N(C)C(=O)C(CNC(=O)O)CC(C)C. The maximum absolute atomic E-state index is 13.2. The molecule has 0 radical (unpaired) electrons. The van der Waals surface area contributed by atoms with E-state index >= 15 is 0 Å². The van der Waals surface area contributed by atoms with E-state index in [1.165, 1.54) is 4.90 Å². The standard InChI is InChI=1S/C21H30N4O4/c1-13(2)9-15(12-24-21(28)29)20(27)25(4)18(19(26)22-3)10-14-11-23-17-8-6-5-7-16(14)17/h5-8,11,13,15,18,23-24H,9-10,12H2,1-4H3,(H,22,26)(H,28,29)/t15?,18-/m0/s1. The lowest BCUT2D eigenvalue weighted by molar-refractivity contribution is -0.142. The van der Waals surface area contributed by atoms with Gasteiger partial charge in [-0.25, -0.2) is 4.79 Å². The van der Waals surface area contributed by atoms with Gasteiger partial charge in [-0.2, -0.15) is 0 Å². The Balaban J connectivity index is 2.26. The third kappa shape index (κ3) is 5.73. The van der Waals surface area contributed by atoms with E-state index in [0.29, 0.717) is 12.8 Å². The Morgan fingerprint density at radius 1 is 1.21 bits per heavy atom. The highest BCUT2D eigenvalue weighted by Crippen LogP contribution is 2.22. The maximum atomic E-state index is 13.2. The van der Waals surface area contributed by atoms with Crippen molar-refractivity contribution < 1.29 is 19.5 Å². The van der Waals surface area contributed by atoms with E-state index in [9.17, 15) is 14.4 Å². The van der Waals surface area contributed by atoms with Gasteiger partial charge in [-0.3, -0.25) is 9.59 Å². The van der Waals surface area contributed by atoms with Crippen LogP contribution in [0.15, 0.2) is 30.5 Å². The summed E-state index contributed by atoms with van der Waals surface area (Å²) < 4.78 is 0. The molecule has 29 heavy (non-hydrogen) atoms. The van der Waals surface area contributed by atoms with E-state index < -0.39 is 18.1 Å². The molecule has 1 heterocycles. The van der Waals surface area contributed by atoms with Crippen LogP contribution < -0.4 is 10.6 Å². The predicted octanol–water partition coefficient (Wildman–Crippen LogP) is 2.21. The Labute approximate surface area is 170 Å².